The Hall–Kier alpha value is -2.24. The smallest absolute Gasteiger partial charge is 0.259 e. The van der Waals surface area contributed by atoms with Gasteiger partial charge in [0.1, 0.15) is 5.75 Å². The molecule has 1 aliphatic rings. The average molecular weight is 332 g/mol. The molecule has 1 heterocycles. The monoisotopic (exact) mass is 332 g/mol. The van der Waals surface area contributed by atoms with Crippen molar-refractivity contribution in [3.8, 4) is 5.75 Å². The highest BCUT2D eigenvalue weighted by atomic mass is 16.5. The van der Waals surface area contributed by atoms with Crippen molar-refractivity contribution in [2.75, 3.05) is 33.8 Å². The van der Waals surface area contributed by atoms with Crippen LogP contribution in [-0.2, 0) is 11.3 Å². The Morgan fingerprint density at radius 1 is 1.25 bits per heavy atom. The Balaban J connectivity index is 1.91. The second-order valence-electron chi connectivity index (χ2n) is 6.30. The lowest BCUT2D eigenvalue weighted by Gasteiger charge is -2.21. The number of nitrogens with two attached hydrogens (primary N) is 1. The van der Waals surface area contributed by atoms with Gasteiger partial charge in [-0.05, 0) is 30.5 Å². The second-order valence-corrected chi connectivity index (χ2v) is 6.30. The summed E-state index contributed by atoms with van der Waals surface area (Å²) in [7, 11) is 3.42. The molecule has 1 amide bonds. The van der Waals surface area contributed by atoms with Crippen molar-refractivity contribution >= 4 is 11.9 Å². The number of carbonyl (C=O) groups excluding carboxylic acids is 1. The van der Waals surface area contributed by atoms with E-state index < -0.39 is 0 Å². The van der Waals surface area contributed by atoms with Gasteiger partial charge in [-0.1, -0.05) is 25.0 Å². The molecular weight excluding hydrogens is 304 g/mol. The summed E-state index contributed by atoms with van der Waals surface area (Å²) in [6.07, 6.45) is 4.91. The summed E-state index contributed by atoms with van der Waals surface area (Å²) in [4.78, 5) is 19.8. The molecule has 132 valence electrons. The van der Waals surface area contributed by atoms with Crippen LogP contribution in [0.3, 0.4) is 0 Å². The van der Waals surface area contributed by atoms with Gasteiger partial charge in [0.15, 0.2) is 12.6 Å². The van der Waals surface area contributed by atoms with Gasteiger partial charge in [-0.3, -0.25) is 4.79 Å². The van der Waals surface area contributed by atoms with Crippen LogP contribution in [0.25, 0.3) is 0 Å². The van der Waals surface area contributed by atoms with Crippen molar-refractivity contribution in [3.05, 3.63) is 29.8 Å². The summed E-state index contributed by atoms with van der Waals surface area (Å²) in [5.41, 5.74) is 7.15. The third-order valence-electron chi connectivity index (χ3n) is 4.11. The molecule has 24 heavy (non-hydrogen) atoms. The third-order valence-corrected chi connectivity index (χ3v) is 4.11. The molecule has 6 heteroatoms. The number of benzene rings is 1. The quantitative estimate of drug-likeness (QED) is 0.660. The van der Waals surface area contributed by atoms with Crippen LogP contribution < -0.4 is 10.5 Å². The van der Waals surface area contributed by atoms with E-state index in [1.807, 2.05) is 24.3 Å². The summed E-state index contributed by atoms with van der Waals surface area (Å²) in [6.45, 7) is 2.53. The highest BCUT2D eigenvalue weighted by molar-refractivity contribution is 5.78. The van der Waals surface area contributed by atoms with Crippen molar-refractivity contribution in [3.63, 3.8) is 0 Å². The zero-order valence-corrected chi connectivity index (χ0v) is 14.7. The van der Waals surface area contributed by atoms with E-state index >= 15 is 0 Å². The Morgan fingerprint density at radius 3 is 2.62 bits per heavy atom. The van der Waals surface area contributed by atoms with Gasteiger partial charge in [0.2, 0.25) is 0 Å². The summed E-state index contributed by atoms with van der Waals surface area (Å²) >= 11 is 0. The molecule has 0 bridgehead atoms. The van der Waals surface area contributed by atoms with Crippen molar-refractivity contribution in [2.45, 2.75) is 32.2 Å². The molecule has 1 fully saturated rings. The number of nitrogens with zero attached hydrogens (tertiary/aromatic N) is 3. The molecule has 0 unspecified atom stereocenters. The Bertz CT molecular complexity index is 564. The third kappa shape index (κ3) is 5.76. The molecular formula is C18H28N4O2. The maximum Gasteiger partial charge on any atom is 0.259 e. The zero-order valence-electron chi connectivity index (χ0n) is 14.7. The fourth-order valence-corrected chi connectivity index (χ4v) is 2.58. The summed E-state index contributed by atoms with van der Waals surface area (Å²) in [5.74, 6) is 1.22. The normalized spacial score (nSPS) is 15.8. The highest BCUT2D eigenvalue weighted by Crippen LogP contribution is 2.15. The van der Waals surface area contributed by atoms with E-state index in [9.17, 15) is 4.79 Å². The van der Waals surface area contributed by atoms with E-state index in [4.69, 9.17) is 10.5 Å². The van der Waals surface area contributed by atoms with Gasteiger partial charge in [-0.25, -0.2) is 4.99 Å². The molecule has 2 rings (SSSR count). The Morgan fingerprint density at radius 2 is 1.96 bits per heavy atom. The minimum atomic E-state index is -0.0659. The maximum atomic E-state index is 11.6. The van der Waals surface area contributed by atoms with Crippen LogP contribution in [0.4, 0.5) is 0 Å². The number of hydrogen-bond acceptors (Lipinski definition) is 3. The van der Waals surface area contributed by atoms with E-state index in [1.165, 1.54) is 30.6 Å². The number of carbonyl (C=O) groups is 1. The summed E-state index contributed by atoms with van der Waals surface area (Å²) < 4.78 is 5.53. The molecule has 0 spiro atoms. The number of hydrogen-bond donors (Lipinski definition) is 1. The van der Waals surface area contributed by atoms with Crippen LogP contribution in [-0.4, -0.2) is 55.5 Å². The maximum absolute atomic E-state index is 11.6. The van der Waals surface area contributed by atoms with Crippen molar-refractivity contribution in [1.29, 1.82) is 0 Å². The van der Waals surface area contributed by atoms with Gasteiger partial charge in [0, 0.05) is 27.2 Å². The number of rotatable bonds is 5. The van der Waals surface area contributed by atoms with E-state index in [-0.39, 0.29) is 12.5 Å². The molecule has 0 saturated carbocycles. The molecule has 1 aromatic carbocycles. The van der Waals surface area contributed by atoms with Crippen LogP contribution >= 0.6 is 0 Å². The van der Waals surface area contributed by atoms with E-state index in [0.29, 0.717) is 18.3 Å². The molecule has 2 N–H and O–H groups in total. The predicted octanol–water partition coefficient (Wildman–Crippen LogP) is 1.84. The van der Waals surface area contributed by atoms with Gasteiger partial charge < -0.3 is 20.3 Å². The van der Waals surface area contributed by atoms with Gasteiger partial charge in [-0.15, -0.1) is 0 Å². The molecule has 6 nitrogen and oxygen atoms in total. The van der Waals surface area contributed by atoms with Crippen LogP contribution in [0.15, 0.2) is 29.3 Å². The van der Waals surface area contributed by atoms with Gasteiger partial charge in [-0.2, -0.15) is 0 Å². The topological polar surface area (TPSA) is 71.2 Å². The second kappa shape index (κ2) is 9.15. The molecule has 0 aliphatic carbocycles. The van der Waals surface area contributed by atoms with E-state index in [2.05, 4.69) is 9.89 Å². The zero-order chi connectivity index (χ0) is 17.4. The molecule has 0 radical (unpaired) electrons. The average Bonchev–Trinajstić information content (AvgIpc) is 2.87. The number of amides is 1. The molecule has 0 atom stereocenters. The number of ether oxygens (including phenoxy) is 1. The first-order valence-electron chi connectivity index (χ1n) is 8.53. The standard InChI is InChI=1S/C18H28N4O2/c1-21(2)17(23)14-24-16-9-7-8-15(12-16)13-20-18(19)22-10-5-3-4-6-11-22/h7-9,12H,3-6,10-11,13-14H2,1-2H3,(H2,19,20). The number of aliphatic imine (C=N–C) groups is 1. The fourth-order valence-electron chi connectivity index (χ4n) is 2.58. The first kappa shape index (κ1) is 18.1. The van der Waals surface area contributed by atoms with Crippen molar-refractivity contribution in [1.82, 2.24) is 9.80 Å². The number of likely N-dealkylation sites (N-methyl/N-ethyl adjacent to an activating group) is 1. The summed E-state index contributed by atoms with van der Waals surface area (Å²) in [5, 5.41) is 0. The first-order valence-corrected chi connectivity index (χ1v) is 8.53. The van der Waals surface area contributed by atoms with Crippen molar-refractivity contribution in [2.24, 2.45) is 10.7 Å². The van der Waals surface area contributed by atoms with Crippen LogP contribution in [0.5, 0.6) is 5.75 Å². The lowest BCUT2D eigenvalue weighted by molar-refractivity contribution is -0.130. The van der Waals surface area contributed by atoms with Crippen LogP contribution in [0.1, 0.15) is 31.2 Å². The first-order chi connectivity index (χ1) is 11.6. The highest BCUT2D eigenvalue weighted by Gasteiger charge is 2.10. The number of likely N-dealkylation sites (tertiary alicyclic amines) is 1. The van der Waals surface area contributed by atoms with Crippen LogP contribution in [0, 0.1) is 0 Å². The Labute approximate surface area is 144 Å². The molecule has 0 aromatic heterocycles. The van der Waals surface area contributed by atoms with Gasteiger partial charge in [0.25, 0.3) is 5.91 Å². The van der Waals surface area contributed by atoms with E-state index in [0.717, 1.165) is 18.7 Å². The SMILES string of the molecule is CN(C)C(=O)COc1cccc(CN=C(N)N2CCCCCC2)c1. The minimum absolute atomic E-state index is 0.0373. The fraction of sp³-hybridized carbons (Fsp3) is 0.556. The molecule has 1 saturated heterocycles. The molecule has 1 aromatic rings. The lowest BCUT2D eigenvalue weighted by Crippen LogP contribution is -2.38. The van der Waals surface area contributed by atoms with Crippen LogP contribution in [0.2, 0.25) is 0 Å². The number of guanidine groups is 1. The molecule has 1 aliphatic heterocycles. The van der Waals surface area contributed by atoms with Gasteiger partial charge in [0.05, 0.1) is 6.54 Å². The minimum Gasteiger partial charge on any atom is -0.484 e. The summed E-state index contributed by atoms with van der Waals surface area (Å²) in [6, 6.07) is 7.64. The lowest BCUT2D eigenvalue weighted by atomic mass is 10.2. The largest absolute Gasteiger partial charge is 0.484 e. The van der Waals surface area contributed by atoms with E-state index in [1.54, 1.807) is 14.1 Å². The van der Waals surface area contributed by atoms with Gasteiger partial charge >= 0.3 is 0 Å². The predicted molar refractivity (Wildman–Crippen MR) is 96.0 cm³/mol. The Kier molecular flexibility index (Phi) is 6.90. The van der Waals surface area contributed by atoms with Crippen molar-refractivity contribution < 1.29 is 9.53 Å².